The van der Waals surface area contributed by atoms with Crippen molar-refractivity contribution >= 4 is 32.9 Å². The minimum Gasteiger partial charge on any atom is -0.381 e. The Balaban J connectivity index is 1.46. The Morgan fingerprint density at radius 1 is 1.09 bits per heavy atom. The summed E-state index contributed by atoms with van der Waals surface area (Å²) in [6.45, 7) is 1.84. The molecule has 0 saturated carbocycles. The van der Waals surface area contributed by atoms with Gasteiger partial charge in [-0.2, -0.15) is 0 Å². The zero-order valence-electron chi connectivity index (χ0n) is 19.4. The van der Waals surface area contributed by atoms with E-state index < -0.39 is 20.9 Å². The van der Waals surface area contributed by atoms with Gasteiger partial charge in [-0.3, -0.25) is 14.9 Å². The maximum absolute atomic E-state index is 12.8. The zero-order chi connectivity index (χ0) is 24.8. The van der Waals surface area contributed by atoms with Crippen LogP contribution in [0.25, 0.3) is 5.57 Å². The monoisotopic (exact) mass is 499 g/mol. The van der Waals surface area contributed by atoms with Crippen molar-refractivity contribution in [2.45, 2.75) is 43.4 Å². The van der Waals surface area contributed by atoms with E-state index >= 15 is 0 Å². The standard InChI is InChI=1S/C25H29N3O6S/c29-25(21-8-6-20(7-9-21)19-4-2-1-3-5-19)27-35(32,33)22-10-11-23(24(16-22)28(30)31)26-17-18-12-14-34-15-13-18/h4,6-11,16,18,26H,1-3,5,12-15,17H2,(H,27,29). The highest BCUT2D eigenvalue weighted by molar-refractivity contribution is 7.90. The molecule has 2 aliphatic rings. The van der Waals surface area contributed by atoms with E-state index in [4.69, 9.17) is 4.74 Å². The zero-order valence-corrected chi connectivity index (χ0v) is 20.2. The van der Waals surface area contributed by atoms with Gasteiger partial charge in [0, 0.05) is 31.4 Å². The van der Waals surface area contributed by atoms with Gasteiger partial charge in [-0.1, -0.05) is 18.2 Å². The second-order valence-electron chi connectivity index (χ2n) is 8.86. The smallest absolute Gasteiger partial charge is 0.293 e. The summed E-state index contributed by atoms with van der Waals surface area (Å²) in [5.41, 5.74) is 2.31. The number of carbonyl (C=O) groups is 1. The van der Waals surface area contributed by atoms with Gasteiger partial charge < -0.3 is 10.1 Å². The number of hydrogen-bond acceptors (Lipinski definition) is 7. The van der Waals surface area contributed by atoms with Crippen LogP contribution in [0.4, 0.5) is 11.4 Å². The van der Waals surface area contributed by atoms with Gasteiger partial charge in [0.05, 0.1) is 9.82 Å². The summed E-state index contributed by atoms with van der Waals surface area (Å²) in [7, 11) is -4.31. The van der Waals surface area contributed by atoms with Crippen LogP contribution in [0, 0.1) is 16.0 Å². The lowest BCUT2D eigenvalue weighted by molar-refractivity contribution is -0.384. The summed E-state index contributed by atoms with van der Waals surface area (Å²) < 4.78 is 33.0. The molecule has 186 valence electrons. The number of sulfonamides is 1. The van der Waals surface area contributed by atoms with Gasteiger partial charge in [-0.05, 0) is 79.8 Å². The van der Waals surface area contributed by atoms with Crippen LogP contribution < -0.4 is 10.0 Å². The number of anilines is 1. The van der Waals surface area contributed by atoms with E-state index in [0.717, 1.165) is 43.7 Å². The molecule has 10 heteroatoms. The molecule has 1 aliphatic heterocycles. The molecule has 0 spiro atoms. The maximum atomic E-state index is 12.8. The van der Waals surface area contributed by atoms with Crippen LogP contribution in [-0.4, -0.2) is 39.0 Å². The molecule has 35 heavy (non-hydrogen) atoms. The number of ether oxygens (including phenoxy) is 1. The van der Waals surface area contributed by atoms with Crippen LogP contribution in [0.15, 0.2) is 53.4 Å². The average molecular weight is 500 g/mol. The average Bonchev–Trinajstić information content (AvgIpc) is 2.88. The van der Waals surface area contributed by atoms with Crippen molar-refractivity contribution in [3.8, 4) is 0 Å². The molecular weight excluding hydrogens is 470 g/mol. The number of amides is 1. The number of hydrogen-bond donors (Lipinski definition) is 2. The highest BCUT2D eigenvalue weighted by atomic mass is 32.2. The van der Waals surface area contributed by atoms with Gasteiger partial charge in [-0.25, -0.2) is 13.1 Å². The van der Waals surface area contributed by atoms with Gasteiger partial charge in [0.25, 0.3) is 21.6 Å². The molecule has 1 aliphatic carbocycles. The van der Waals surface area contributed by atoms with Crippen molar-refractivity contribution < 1.29 is 22.9 Å². The minimum absolute atomic E-state index is 0.193. The first-order valence-electron chi connectivity index (χ1n) is 11.8. The summed E-state index contributed by atoms with van der Waals surface area (Å²) in [6.07, 6.45) is 8.23. The Labute approximate surface area is 204 Å². The number of nitro benzene ring substituents is 1. The Hall–Kier alpha value is -3.24. The molecule has 2 N–H and O–H groups in total. The molecule has 1 heterocycles. The molecule has 0 bridgehead atoms. The van der Waals surface area contributed by atoms with Crippen molar-refractivity contribution in [1.29, 1.82) is 0 Å². The fourth-order valence-electron chi connectivity index (χ4n) is 4.36. The normalized spacial score (nSPS) is 16.9. The Kier molecular flexibility index (Phi) is 7.82. The molecule has 0 atom stereocenters. The van der Waals surface area contributed by atoms with Crippen LogP contribution in [0.1, 0.15) is 54.4 Å². The van der Waals surface area contributed by atoms with Gasteiger partial charge >= 0.3 is 0 Å². The third kappa shape index (κ3) is 6.26. The van der Waals surface area contributed by atoms with Gasteiger partial charge in [0.2, 0.25) is 0 Å². The summed E-state index contributed by atoms with van der Waals surface area (Å²) in [5.74, 6) is -0.467. The molecule has 4 rings (SSSR count). The molecule has 9 nitrogen and oxygen atoms in total. The molecule has 0 unspecified atom stereocenters. The second kappa shape index (κ2) is 11.0. The number of benzene rings is 2. The van der Waals surface area contributed by atoms with Crippen LogP contribution in [0.2, 0.25) is 0 Å². The van der Waals surface area contributed by atoms with E-state index in [-0.39, 0.29) is 21.8 Å². The number of allylic oxidation sites excluding steroid dienone is 2. The molecule has 1 saturated heterocycles. The van der Waals surface area contributed by atoms with E-state index in [2.05, 4.69) is 11.4 Å². The lowest BCUT2D eigenvalue weighted by Crippen LogP contribution is -2.30. The van der Waals surface area contributed by atoms with Gasteiger partial charge in [0.15, 0.2) is 0 Å². The Morgan fingerprint density at radius 2 is 1.83 bits per heavy atom. The van der Waals surface area contributed by atoms with Crippen LogP contribution in [0.3, 0.4) is 0 Å². The third-order valence-corrected chi connectivity index (χ3v) is 7.76. The summed E-state index contributed by atoms with van der Waals surface area (Å²) >= 11 is 0. The number of nitro groups is 1. The van der Waals surface area contributed by atoms with Gasteiger partial charge in [0.1, 0.15) is 5.69 Å². The predicted molar refractivity (Wildman–Crippen MR) is 133 cm³/mol. The summed E-state index contributed by atoms with van der Waals surface area (Å²) in [5, 5.41) is 14.7. The second-order valence-corrected chi connectivity index (χ2v) is 10.5. The van der Waals surface area contributed by atoms with E-state index in [1.54, 1.807) is 12.1 Å². The molecule has 1 fully saturated rings. The Bertz CT molecular complexity index is 1220. The van der Waals surface area contributed by atoms with Crippen LogP contribution in [-0.2, 0) is 14.8 Å². The fraction of sp³-hybridized carbons (Fsp3) is 0.400. The topological polar surface area (TPSA) is 128 Å². The number of carbonyl (C=O) groups excluding carboxylic acids is 1. The first-order chi connectivity index (χ1) is 16.8. The number of rotatable bonds is 8. The van der Waals surface area contributed by atoms with Crippen molar-refractivity contribution in [1.82, 2.24) is 4.72 Å². The number of nitrogens with zero attached hydrogens (tertiary/aromatic N) is 1. The van der Waals surface area contributed by atoms with Crippen molar-refractivity contribution in [3.05, 3.63) is 69.8 Å². The molecule has 1 amide bonds. The fourth-order valence-corrected chi connectivity index (χ4v) is 5.35. The first kappa shape index (κ1) is 24.9. The first-order valence-corrected chi connectivity index (χ1v) is 13.3. The lowest BCUT2D eigenvalue weighted by Gasteiger charge is -2.22. The van der Waals surface area contributed by atoms with E-state index in [1.165, 1.54) is 24.1 Å². The molecule has 2 aromatic carbocycles. The van der Waals surface area contributed by atoms with E-state index in [1.807, 2.05) is 16.9 Å². The number of nitrogens with one attached hydrogen (secondary N) is 2. The van der Waals surface area contributed by atoms with Crippen molar-refractivity contribution in [3.63, 3.8) is 0 Å². The molecular formula is C25H29N3O6S. The summed E-state index contributed by atoms with van der Waals surface area (Å²) in [6, 6.07) is 10.4. The van der Waals surface area contributed by atoms with E-state index in [9.17, 15) is 23.3 Å². The molecule has 2 aromatic rings. The predicted octanol–water partition coefficient (Wildman–Crippen LogP) is 4.51. The van der Waals surface area contributed by atoms with Gasteiger partial charge in [-0.15, -0.1) is 0 Å². The minimum atomic E-state index is -4.31. The summed E-state index contributed by atoms with van der Waals surface area (Å²) in [4.78, 5) is 23.3. The van der Waals surface area contributed by atoms with Crippen LogP contribution >= 0.6 is 0 Å². The SMILES string of the molecule is O=C(NS(=O)(=O)c1ccc(NCC2CCOCC2)c([N+](=O)[O-])c1)c1ccc(C2=CCCCC2)cc1. The molecule has 0 radical (unpaired) electrons. The third-order valence-electron chi connectivity index (χ3n) is 6.43. The lowest BCUT2D eigenvalue weighted by atomic mass is 9.93. The van der Waals surface area contributed by atoms with Crippen molar-refractivity contribution in [2.75, 3.05) is 25.1 Å². The molecule has 0 aromatic heterocycles. The maximum Gasteiger partial charge on any atom is 0.293 e. The van der Waals surface area contributed by atoms with E-state index in [0.29, 0.717) is 25.7 Å². The quantitative estimate of drug-likeness (QED) is 0.404. The largest absolute Gasteiger partial charge is 0.381 e. The Morgan fingerprint density at radius 3 is 2.49 bits per heavy atom. The highest BCUT2D eigenvalue weighted by Gasteiger charge is 2.24. The van der Waals surface area contributed by atoms with Crippen LogP contribution in [0.5, 0.6) is 0 Å². The highest BCUT2D eigenvalue weighted by Crippen LogP contribution is 2.29. The van der Waals surface area contributed by atoms with Crippen molar-refractivity contribution in [2.24, 2.45) is 5.92 Å².